The first kappa shape index (κ1) is 12.0. The minimum absolute atomic E-state index is 0.450. The molecule has 84 valence electrons. The highest BCUT2D eigenvalue weighted by atomic mass is 15.2. The Bertz CT molecular complexity index is 152. The van der Waals surface area contributed by atoms with Crippen molar-refractivity contribution in [3.8, 4) is 0 Å². The van der Waals surface area contributed by atoms with Gasteiger partial charge in [-0.15, -0.1) is 0 Å². The normalized spacial score (nSPS) is 29.8. The highest BCUT2D eigenvalue weighted by molar-refractivity contribution is 4.84. The van der Waals surface area contributed by atoms with Crippen molar-refractivity contribution in [2.24, 2.45) is 11.7 Å². The summed E-state index contributed by atoms with van der Waals surface area (Å²) in [6.07, 6.45) is 4.98. The van der Waals surface area contributed by atoms with E-state index in [1.807, 2.05) is 0 Å². The molecule has 0 bridgehead atoms. The number of likely N-dealkylation sites (tertiary alicyclic amines) is 1. The summed E-state index contributed by atoms with van der Waals surface area (Å²) >= 11 is 0. The van der Waals surface area contributed by atoms with Gasteiger partial charge in [-0.3, -0.25) is 0 Å². The predicted octanol–water partition coefficient (Wildman–Crippen LogP) is 2.23. The van der Waals surface area contributed by atoms with E-state index >= 15 is 0 Å². The second-order valence-corrected chi connectivity index (χ2v) is 4.59. The molecule has 0 aromatic rings. The van der Waals surface area contributed by atoms with Crippen molar-refractivity contribution in [3.63, 3.8) is 0 Å². The Hall–Kier alpha value is -0.0800. The standard InChI is InChI=1S/C12H26N2/c1-4-10-9-14(8-7-12(10)13)11(5-2)6-3/h10-12H,4-9,13H2,1-3H3. The van der Waals surface area contributed by atoms with E-state index in [0.717, 1.165) is 12.0 Å². The molecule has 1 fully saturated rings. The quantitative estimate of drug-likeness (QED) is 0.750. The average molecular weight is 198 g/mol. The molecule has 2 N–H and O–H groups in total. The highest BCUT2D eigenvalue weighted by Crippen LogP contribution is 2.22. The van der Waals surface area contributed by atoms with Crippen LogP contribution in [0.25, 0.3) is 0 Å². The fourth-order valence-electron chi connectivity index (χ4n) is 2.65. The maximum atomic E-state index is 6.11. The van der Waals surface area contributed by atoms with Crippen molar-refractivity contribution in [2.45, 2.75) is 58.5 Å². The largest absolute Gasteiger partial charge is 0.327 e. The molecule has 1 saturated heterocycles. The van der Waals surface area contributed by atoms with Gasteiger partial charge in [0.05, 0.1) is 0 Å². The molecule has 2 heteroatoms. The van der Waals surface area contributed by atoms with Crippen molar-refractivity contribution >= 4 is 0 Å². The van der Waals surface area contributed by atoms with Gasteiger partial charge in [-0.05, 0) is 31.7 Å². The molecule has 0 amide bonds. The highest BCUT2D eigenvalue weighted by Gasteiger charge is 2.27. The summed E-state index contributed by atoms with van der Waals surface area (Å²) in [5.74, 6) is 0.726. The van der Waals surface area contributed by atoms with E-state index in [2.05, 4.69) is 25.7 Å². The lowest BCUT2D eigenvalue weighted by Crippen LogP contribution is -2.50. The zero-order chi connectivity index (χ0) is 10.6. The molecule has 0 aliphatic carbocycles. The molecule has 1 rings (SSSR count). The summed E-state index contributed by atoms with van der Waals surface area (Å²) in [5, 5.41) is 0. The van der Waals surface area contributed by atoms with Crippen LogP contribution in [0.5, 0.6) is 0 Å². The van der Waals surface area contributed by atoms with E-state index in [9.17, 15) is 0 Å². The lowest BCUT2D eigenvalue weighted by Gasteiger charge is -2.40. The summed E-state index contributed by atoms with van der Waals surface area (Å²) in [6.45, 7) is 9.29. The maximum absolute atomic E-state index is 6.11. The van der Waals surface area contributed by atoms with Gasteiger partial charge in [-0.25, -0.2) is 0 Å². The zero-order valence-electron chi connectivity index (χ0n) is 10.00. The third-order valence-electron chi connectivity index (χ3n) is 3.81. The number of nitrogens with two attached hydrogens (primary N) is 1. The van der Waals surface area contributed by atoms with Gasteiger partial charge in [-0.2, -0.15) is 0 Å². The molecular formula is C12H26N2. The zero-order valence-corrected chi connectivity index (χ0v) is 10.00. The van der Waals surface area contributed by atoms with Crippen LogP contribution in [0.3, 0.4) is 0 Å². The van der Waals surface area contributed by atoms with E-state index < -0.39 is 0 Å². The van der Waals surface area contributed by atoms with Crippen molar-refractivity contribution in [2.75, 3.05) is 13.1 Å². The molecule has 2 nitrogen and oxygen atoms in total. The fraction of sp³-hybridized carbons (Fsp3) is 1.00. The molecule has 0 radical (unpaired) electrons. The summed E-state index contributed by atoms with van der Waals surface area (Å²) in [6, 6.07) is 1.24. The number of rotatable bonds is 4. The minimum Gasteiger partial charge on any atom is -0.327 e. The Morgan fingerprint density at radius 1 is 1.29 bits per heavy atom. The molecule has 0 aromatic heterocycles. The Morgan fingerprint density at radius 3 is 2.43 bits per heavy atom. The van der Waals surface area contributed by atoms with Crippen molar-refractivity contribution in [3.05, 3.63) is 0 Å². The first-order chi connectivity index (χ1) is 6.72. The van der Waals surface area contributed by atoms with Gasteiger partial charge in [0.2, 0.25) is 0 Å². The molecule has 1 heterocycles. The van der Waals surface area contributed by atoms with Crippen LogP contribution >= 0.6 is 0 Å². The third-order valence-corrected chi connectivity index (χ3v) is 3.81. The van der Waals surface area contributed by atoms with Crippen LogP contribution < -0.4 is 5.73 Å². The Morgan fingerprint density at radius 2 is 1.93 bits per heavy atom. The Labute approximate surface area is 88.8 Å². The van der Waals surface area contributed by atoms with Gasteiger partial charge in [0.1, 0.15) is 0 Å². The molecule has 1 aliphatic heterocycles. The predicted molar refractivity (Wildman–Crippen MR) is 62.3 cm³/mol. The molecule has 14 heavy (non-hydrogen) atoms. The van der Waals surface area contributed by atoms with Crippen LogP contribution in [0.15, 0.2) is 0 Å². The topological polar surface area (TPSA) is 29.3 Å². The van der Waals surface area contributed by atoms with Gasteiger partial charge in [0.15, 0.2) is 0 Å². The van der Waals surface area contributed by atoms with E-state index in [1.54, 1.807) is 0 Å². The summed E-state index contributed by atoms with van der Waals surface area (Å²) in [4.78, 5) is 2.65. The van der Waals surface area contributed by atoms with Gasteiger partial charge < -0.3 is 10.6 Å². The van der Waals surface area contributed by atoms with Crippen LogP contribution in [0.1, 0.15) is 46.5 Å². The Balaban J connectivity index is 2.48. The number of hydrogen-bond acceptors (Lipinski definition) is 2. The van der Waals surface area contributed by atoms with Crippen molar-refractivity contribution < 1.29 is 0 Å². The lowest BCUT2D eigenvalue weighted by molar-refractivity contribution is 0.101. The van der Waals surface area contributed by atoms with Crippen LogP contribution in [0, 0.1) is 5.92 Å². The van der Waals surface area contributed by atoms with Crippen LogP contribution in [-0.4, -0.2) is 30.1 Å². The van der Waals surface area contributed by atoms with Gasteiger partial charge in [0, 0.05) is 18.6 Å². The first-order valence-electron chi connectivity index (χ1n) is 6.22. The number of hydrogen-bond donors (Lipinski definition) is 1. The van der Waals surface area contributed by atoms with E-state index in [4.69, 9.17) is 5.73 Å². The number of piperidine rings is 1. The molecule has 2 atom stereocenters. The molecular weight excluding hydrogens is 172 g/mol. The second kappa shape index (κ2) is 5.72. The van der Waals surface area contributed by atoms with Crippen LogP contribution in [0.2, 0.25) is 0 Å². The lowest BCUT2D eigenvalue weighted by atomic mass is 9.89. The third kappa shape index (κ3) is 2.71. The maximum Gasteiger partial charge on any atom is 0.00914 e. The fourth-order valence-corrected chi connectivity index (χ4v) is 2.65. The number of nitrogens with zero attached hydrogens (tertiary/aromatic N) is 1. The summed E-state index contributed by atoms with van der Waals surface area (Å²) in [5.41, 5.74) is 6.11. The second-order valence-electron chi connectivity index (χ2n) is 4.59. The first-order valence-corrected chi connectivity index (χ1v) is 6.22. The SMILES string of the molecule is CCC1CN(C(CC)CC)CCC1N. The van der Waals surface area contributed by atoms with E-state index in [1.165, 1.54) is 38.8 Å². The van der Waals surface area contributed by atoms with E-state index in [0.29, 0.717) is 6.04 Å². The van der Waals surface area contributed by atoms with Gasteiger partial charge in [0.25, 0.3) is 0 Å². The van der Waals surface area contributed by atoms with Gasteiger partial charge >= 0.3 is 0 Å². The average Bonchev–Trinajstić information content (AvgIpc) is 2.22. The molecule has 1 aliphatic rings. The molecule has 0 spiro atoms. The van der Waals surface area contributed by atoms with Crippen LogP contribution in [0.4, 0.5) is 0 Å². The van der Waals surface area contributed by atoms with Crippen molar-refractivity contribution in [1.82, 2.24) is 4.90 Å². The van der Waals surface area contributed by atoms with Gasteiger partial charge in [-0.1, -0.05) is 27.2 Å². The monoisotopic (exact) mass is 198 g/mol. The minimum atomic E-state index is 0.450. The molecule has 2 unspecified atom stereocenters. The molecule has 0 saturated carbocycles. The van der Waals surface area contributed by atoms with E-state index in [-0.39, 0.29) is 0 Å². The summed E-state index contributed by atoms with van der Waals surface area (Å²) in [7, 11) is 0. The smallest absolute Gasteiger partial charge is 0.00914 e. The van der Waals surface area contributed by atoms with Crippen molar-refractivity contribution in [1.29, 1.82) is 0 Å². The summed E-state index contributed by atoms with van der Waals surface area (Å²) < 4.78 is 0. The van der Waals surface area contributed by atoms with Crippen LogP contribution in [-0.2, 0) is 0 Å². The Kier molecular flexibility index (Phi) is 4.90. The molecule has 0 aromatic carbocycles.